The van der Waals surface area contributed by atoms with Gasteiger partial charge < -0.3 is 4.74 Å². The summed E-state index contributed by atoms with van der Waals surface area (Å²) in [7, 11) is 1.69. The molecule has 0 fully saturated rings. The number of aryl methyl sites for hydroxylation is 1. The van der Waals surface area contributed by atoms with Gasteiger partial charge in [0.25, 0.3) is 0 Å². The molecule has 0 saturated carbocycles. The molecule has 20 heavy (non-hydrogen) atoms. The average molecular weight is 276 g/mol. The molecule has 0 N–H and O–H groups in total. The lowest BCUT2D eigenvalue weighted by molar-refractivity contribution is -0.513. The van der Waals surface area contributed by atoms with Crippen molar-refractivity contribution in [2.75, 3.05) is 0 Å². The molecule has 104 valence electrons. The average Bonchev–Trinajstić information content (AvgIpc) is 2.95. The van der Waals surface area contributed by atoms with E-state index in [1.807, 2.05) is 0 Å². The summed E-state index contributed by atoms with van der Waals surface area (Å²) in [4.78, 5) is 26.6. The Kier molecular flexibility index (Phi) is 2.85. The Labute approximate surface area is 113 Å². The molecule has 1 aromatic rings. The van der Waals surface area contributed by atoms with Crippen LogP contribution < -0.4 is 0 Å². The molecule has 0 radical (unpaired) electrons. The maximum atomic E-state index is 11.8. The highest BCUT2D eigenvalue weighted by Gasteiger charge is 2.42. The summed E-state index contributed by atoms with van der Waals surface area (Å²) >= 11 is 0. The molecule has 0 saturated heterocycles. The SMILES string of the molecule is Cn1ncnc1/C=C1\OC(=O)C2=C1C([N+](=O)[O-])CCC2. The minimum atomic E-state index is -0.885. The van der Waals surface area contributed by atoms with Crippen molar-refractivity contribution in [2.45, 2.75) is 25.3 Å². The monoisotopic (exact) mass is 276 g/mol. The van der Waals surface area contributed by atoms with E-state index < -0.39 is 12.0 Å². The van der Waals surface area contributed by atoms with Crippen molar-refractivity contribution >= 4 is 12.0 Å². The van der Waals surface area contributed by atoms with Crippen molar-refractivity contribution in [3.05, 3.63) is 39.2 Å². The zero-order valence-corrected chi connectivity index (χ0v) is 10.8. The predicted octanol–water partition coefficient (Wildman–Crippen LogP) is 0.839. The van der Waals surface area contributed by atoms with E-state index in [0.717, 1.165) is 0 Å². The molecule has 8 nitrogen and oxygen atoms in total. The summed E-state index contributed by atoms with van der Waals surface area (Å²) in [5.74, 6) is 0.219. The quantitative estimate of drug-likeness (QED) is 0.450. The van der Waals surface area contributed by atoms with Crippen molar-refractivity contribution in [1.29, 1.82) is 0 Å². The van der Waals surface area contributed by atoms with Gasteiger partial charge in [-0.15, -0.1) is 0 Å². The molecule has 0 amide bonds. The van der Waals surface area contributed by atoms with E-state index in [9.17, 15) is 14.9 Å². The van der Waals surface area contributed by atoms with E-state index in [-0.39, 0.29) is 10.7 Å². The molecule has 1 aliphatic carbocycles. The number of rotatable bonds is 2. The number of aromatic nitrogens is 3. The zero-order chi connectivity index (χ0) is 14.3. The Bertz CT molecular complexity index is 658. The van der Waals surface area contributed by atoms with Crippen LogP contribution in [0.15, 0.2) is 23.2 Å². The number of ether oxygens (including phenoxy) is 1. The fourth-order valence-corrected chi connectivity index (χ4v) is 2.56. The van der Waals surface area contributed by atoms with Crippen molar-refractivity contribution < 1.29 is 14.5 Å². The third kappa shape index (κ3) is 1.89. The number of carbonyl (C=O) groups excluding carboxylic acids is 1. The molecule has 2 aliphatic rings. The summed E-state index contributed by atoms with van der Waals surface area (Å²) in [5, 5.41) is 15.1. The van der Waals surface area contributed by atoms with Gasteiger partial charge in [0.1, 0.15) is 12.1 Å². The van der Waals surface area contributed by atoms with Gasteiger partial charge in [0.2, 0.25) is 6.04 Å². The normalized spacial score (nSPS) is 23.9. The second-order valence-electron chi connectivity index (χ2n) is 4.73. The first-order valence-corrected chi connectivity index (χ1v) is 6.22. The standard InChI is InChI=1S/C12H12N4O4/c1-15-10(13-6-14-15)5-9-11-7(12(17)20-9)3-2-4-8(11)16(18)19/h5-6,8H,2-4H2,1H3/b9-5-. The lowest BCUT2D eigenvalue weighted by Crippen LogP contribution is -2.26. The fourth-order valence-electron chi connectivity index (χ4n) is 2.56. The van der Waals surface area contributed by atoms with Gasteiger partial charge in [-0.05, 0) is 12.8 Å². The number of nitro groups is 1. The van der Waals surface area contributed by atoms with E-state index >= 15 is 0 Å². The lowest BCUT2D eigenvalue weighted by Gasteiger charge is -2.15. The Morgan fingerprint density at radius 1 is 1.60 bits per heavy atom. The fraction of sp³-hybridized carbons (Fsp3) is 0.417. The molecule has 0 bridgehead atoms. The van der Waals surface area contributed by atoms with Gasteiger partial charge in [-0.1, -0.05) is 0 Å². The van der Waals surface area contributed by atoms with Crippen LogP contribution in [-0.4, -0.2) is 31.7 Å². The summed E-state index contributed by atoms with van der Waals surface area (Å²) in [5.41, 5.74) is 0.820. The van der Waals surface area contributed by atoms with E-state index in [1.165, 1.54) is 17.1 Å². The predicted molar refractivity (Wildman–Crippen MR) is 66.7 cm³/mol. The van der Waals surface area contributed by atoms with Gasteiger partial charge >= 0.3 is 5.97 Å². The second-order valence-corrected chi connectivity index (χ2v) is 4.73. The number of hydrogen-bond acceptors (Lipinski definition) is 6. The minimum Gasteiger partial charge on any atom is -0.422 e. The molecular formula is C12H12N4O4. The Morgan fingerprint density at radius 2 is 2.40 bits per heavy atom. The van der Waals surface area contributed by atoms with Crippen molar-refractivity contribution in [2.24, 2.45) is 7.05 Å². The maximum absolute atomic E-state index is 11.8. The molecule has 3 rings (SSSR count). The topological polar surface area (TPSA) is 100 Å². The second kappa shape index (κ2) is 4.55. The molecule has 0 spiro atoms. The summed E-state index contributed by atoms with van der Waals surface area (Å²) in [6.07, 6.45) is 4.45. The third-order valence-corrected chi connectivity index (χ3v) is 3.54. The Balaban J connectivity index is 2.07. The zero-order valence-electron chi connectivity index (χ0n) is 10.8. The molecular weight excluding hydrogens is 264 g/mol. The first kappa shape index (κ1) is 12.5. The highest BCUT2D eigenvalue weighted by molar-refractivity contribution is 5.96. The number of carbonyl (C=O) groups is 1. The largest absolute Gasteiger partial charge is 0.422 e. The van der Waals surface area contributed by atoms with Crippen LogP contribution in [0.4, 0.5) is 0 Å². The Hall–Kier alpha value is -2.51. The highest BCUT2D eigenvalue weighted by Crippen LogP contribution is 2.38. The van der Waals surface area contributed by atoms with Crippen LogP contribution in [0.2, 0.25) is 0 Å². The van der Waals surface area contributed by atoms with Crippen LogP contribution in [0, 0.1) is 10.1 Å². The van der Waals surface area contributed by atoms with Crippen molar-refractivity contribution in [3.63, 3.8) is 0 Å². The third-order valence-electron chi connectivity index (χ3n) is 3.54. The van der Waals surface area contributed by atoms with E-state index in [2.05, 4.69) is 10.1 Å². The molecule has 0 aromatic carbocycles. The minimum absolute atomic E-state index is 0.225. The highest BCUT2D eigenvalue weighted by atomic mass is 16.6. The molecule has 8 heteroatoms. The first-order valence-electron chi connectivity index (χ1n) is 6.22. The smallest absolute Gasteiger partial charge is 0.340 e. The summed E-state index contributed by atoms with van der Waals surface area (Å²) < 4.78 is 6.68. The maximum Gasteiger partial charge on any atom is 0.340 e. The molecule has 1 unspecified atom stereocenters. The van der Waals surface area contributed by atoms with Crippen LogP contribution in [0.3, 0.4) is 0 Å². The van der Waals surface area contributed by atoms with Gasteiger partial charge in [-0.3, -0.25) is 10.1 Å². The van der Waals surface area contributed by atoms with Gasteiger partial charge in [0, 0.05) is 24.5 Å². The summed E-state index contributed by atoms with van der Waals surface area (Å²) in [6, 6.07) is -0.885. The van der Waals surface area contributed by atoms with Crippen LogP contribution in [0.1, 0.15) is 25.1 Å². The van der Waals surface area contributed by atoms with Crippen LogP contribution in [-0.2, 0) is 16.6 Å². The Morgan fingerprint density at radius 3 is 3.05 bits per heavy atom. The molecule has 1 aliphatic heterocycles. The van der Waals surface area contributed by atoms with Crippen LogP contribution in [0.25, 0.3) is 6.08 Å². The van der Waals surface area contributed by atoms with E-state index in [4.69, 9.17) is 4.74 Å². The molecule has 2 heterocycles. The number of hydrogen-bond donors (Lipinski definition) is 0. The van der Waals surface area contributed by atoms with Crippen molar-refractivity contribution in [3.8, 4) is 0 Å². The van der Waals surface area contributed by atoms with Gasteiger partial charge in [0.05, 0.1) is 11.1 Å². The lowest BCUT2D eigenvalue weighted by atomic mass is 9.88. The summed E-state index contributed by atoms with van der Waals surface area (Å²) in [6.45, 7) is 0. The van der Waals surface area contributed by atoms with E-state index in [1.54, 1.807) is 7.05 Å². The van der Waals surface area contributed by atoms with Crippen molar-refractivity contribution in [1.82, 2.24) is 14.8 Å². The van der Waals surface area contributed by atoms with Gasteiger partial charge in [-0.2, -0.15) is 5.10 Å². The number of nitrogens with zero attached hydrogens (tertiary/aromatic N) is 4. The molecule has 1 atom stereocenters. The van der Waals surface area contributed by atoms with Crippen LogP contribution in [0.5, 0.6) is 0 Å². The van der Waals surface area contributed by atoms with Gasteiger partial charge in [-0.25, -0.2) is 14.5 Å². The van der Waals surface area contributed by atoms with E-state index in [0.29, 0.717) is 36.2 Å². The first-order chi connectivity index (χ1) is 9.58. The number of cyclic esters (lactones) is 1. The number of esters is 1. The van der Waals surface area contributed by atoms with Gasteiger partial charge in [0.15, 0.2) is 5.82 Å². The molecule has 1 aromatic heterocycles. The van der Waals surface area contributed by atoms with Crippen LogP contribution >= 0.6 is 0 Å².